The van der Waals surface area contributed by atoms with Crippen molar-refractivity contribution in [2.75, 3.05) is 19.3 Å². The summed E-state index contributed by atoms with van der Waals surface area (Å²) in [6.07, 6.45) is 4.59. The van der Waals surface area contributed by atoms with E-state index in [4.69, 9.17) is 4.42 Å². The number of furan rings is 1. The third kappa shape index (κ3) is 4.55. The van der Waals surface area contributed by atoms with Gasteiger partial charge in [0.25, 0.3) is 0 Å². The summed E-state index contributed by atoms with van der Waals surface area (Å²) < 4.78 is 5.78. The van der Waals surface area contributed by atoms with Gasteiger partial charge >= 0.3 is 0 Å². The summed E-state index contributed by atoms with van der Waals surface area (Å²) in [5.74, 6) is 3.11. The fourth-order valence-electron chi connectivity index (χ4n) is 2.60. The van der Waals surface area contributed by atoms with Gasteiger partial charge in [0.1, 0.15) is 11.5 Å². The molecule has 1 aromatic heterocycles. The first kappa shape index (κ1) is 14.9. The van der Waals surface area contributed by atoms with Gasteiger partial charge in [0.2, 0.25) is 0 Å². The molecular weight excluding hydrogens is 256 g/mol. The minimum Gasteiger partial charge on any atom is -0.464 e. The summed E-state index contributed by atoms with van der Waals surface area (Å²) in [6, 6.07) is 5.51. The van der Waals surface area contributed by atoms with Crippen LogP contribution >= 0.6 is 11.8 Å². The van der Waals surface area contributed by atoms with Crippen molar-refractivity contribution in [3.05, 3.63) is 23.7 Å². The Hall–Kier alpha value is -0.450. The van der Waals surface area contributed by atoms with E-state index in [9.17, 15) is 0 Å². The quantitative estimate of drug-likeness (QED) is 0.868. The van der Waals surface area contributed by atoms with Gasteiger partial charge in [0, 0.05) is 12.1 Å². The Balaban J connectivity index is 1.71. The van der Waals surface area contributed by atoms with E-state index >= 15 is 0 Å². The maximum absolute atomic E-state index is 5.78. The lowest BCUT2D eigenvalue weighted by Gasteiger charge is -2.34. The minimum absolute atomic E-state index is 0.643. The van der Waals surface area contributed by atoms with Crippen molar-refractivity contribution in [2.45, 2.75) is 51.1 Å². The first-order chi connectivity index (χ1) is 9.19. The van der Waals surface area contributed by atoms with Gasteiger partial charge in [-0.2, -0.15) is 11.8 Å². The van der Waals surface area contributed by atoms with E-state index in [0.29, 0.717) is 12.1 Å². The highest BCUT2D eigenvalue weighted by Gasteiger charge is 2.20. The fraction of sp³-hybridized carbons (Fsp3) is 0.733. The van der Waals surface area contributed by atoms with Crippen LogP contribution in [0.3, 0.4) is 0 Å². The molecule has 1 saturated heterocycles. The average molecular weight is 282 g/mol. The zero-order chi connectivity index (χ0) is 13.7. The van der Waals surface area contributed by atoms with Crippen molar-refractivity contribution in [3.63, 3.8) is 0 Å². The summed E-state index contributed by atoms with van der Waals surface area (Å²) in [7, 11) is 0. The lowest BCUT2D eigenvalue weighted by molar-refractivity contribution is 0.160. The Labute approximate surface area is 121 Å². The van der Waals surface area contributed by atoms with Crippen molar-refractivity contribution < 1.29 is 4.42 Å². The summed E-state index contributed by atoms with van der Waals surface area (Å²) in [4.78, 5) is 2.56. The van der Waals surface area contributed by atoms with E-state index in [1.807, 2.05) is 0 Å². The average Bonchev–Trinajstić information content (AvgIpc) is 2.85. The molecule has 0 radical (unpaired) electrons. The third-order valence-electron chi connectivity index (χ3n) is 3.83. The Kier molecular flexibility index (Phi) is 5.79. The molecule has 1 aromatic rings. The molecule has 1 aliphatic rings. The van der Waals surface area contributed by atoms with E-state index in [0.717, 1.165) is 23.8 Å². The van der Waals surface area contributed by atoms with Crippen LogP contribution in [0.15, 0.2) is 16.5 Å². The maximum atomic E-state index is 5.78. The number of hydrogen-bond acceptors (Lipinski definition) is 4. The van der Waals surface area contributed by atoms with Crippen LogP contribution in [-0.2, 0) is 12.3 Å². The van der Waals surface area contributed by atoms with Crippen LogP contribution in [0.1, 0.15) is 38.2 Å². The van der Waals surface area contributed by atoms with Gasteiger partial charge in [-0.15, -0.1) is 0 Å². The summed E-state index contributed by atoms with van der Waals surface area (Å²) >= 11 is 1.80. The third-order valence-corrected chi connectivity index (χ3v) is 4.40. The molecule has 19 heavy (non-hydrogen) atoms. The molecule has 0 bridgehead atoms. The number of rotatable bonds is 6. The molecule has 0 atom stereocenters. The van der Waals surface area contributed by atoms with E-state index in [1.54, 1.807) is 11.8 Å². The van der Waals surface area contributed by atoms with Crippen LogP contribution in [0, 0.1) is 0 Å². The highest BCUT2D eigenvalue weighted by molar-refractivity contribution is 7.97. The van der Waals surface area contributed by atoms with Crippen molar-refractivity contribution in [1.29, 1.82) is 0 Å². The van der Waals surface area contributed by atoms with Crippen LogP contribution in [0.5, 0.6) is 0 Å². The van der Waals surface area contributed by atoms with E-state index in [1.165, 1.54) is 25.9 Å². The largest absolute Gasteiger partial charge is 0.464 e. The molecule has 1 N–H and O–H groups in total. The topological polar surface area (TPSA) is 28.4 Å². The number of nitrogens with zero attached hydrogens (tertiary/aromatic N) is 1. The molecule has 1 fully saturated rings. The number of nitrogens with one attached hydrogen (secondary N) is 1. The smallest absolute Gasteiger partial charge is 0.118 e. The van der Waals surface area contributed by atoms with Gasteiger partial charge in [0.15, 0.2) is 0 Å². The van der Waals surface area contributed by atoms with Gasteiger partial charge in [-0.05, 0) is 58.2 Å². The number of thioether (sulfide) groups is 1. The molecule has 3 nitrogen and oxygen atoms in total. The van der Waals surface area contributed by atoms with Crippen LogP contribution < -0.4 is 5.32 Å². The van der Waals surface area contributed by atoms with Gasteiger partial charge < -0.3 is 14.6 Å². The first-order valence-corrected chi connectivity index (χ1v) is 8.62. The highest BCUT2D eigenvalue weighted by atomic mass is 32.2. The van der Waals surface area contributed by atoms with E-state index in [-0.39, 0.29) is 0 Å². The predicted molar refractivity (Wildman–Crippen MR) is 82.5 cm³/mol. The van der Waals surface area contributed by atoms with Crippen LogP contribution in [0.25, 0.3) is 0 Å². The van der Waals surface area contributed by atoms with E-state index < -0.39 is 0 Å². The summed E-state index contributed by atoms with van der Waals surface area (Å²) in [6.45, 7) is 7.85. The SMILES string of the molecule is CSCc1ccc(CNC2CCN(C(C)C)CC2)o1. The molecule has 1 aliphatic heterocycles. The lowest BCUT2D eigenvalue weighted by atomic mass is 10.0. The molecule has 108 valence electrons. The zero-order valence-electron chi connectivity index (χ0n) is 12.3. The highest BCUT2D eigenvalue weighted by Crippen LogP contribution is 2.16. The monoisotopic (exact) mass is 282 g/mol. The zero-order valence-corrected chi connectivity index (χ0v) is 13.1. The summed E-state index contributed by atoms with van der Waals surface area (Å²) in [5, 5.41) is 3.63. The van der Waals surface area contributed by atoms with Crippen molar-refractivity contribution >= 4 is 11.8 Å². The van der Waals surface area contributed by atoms with Gasteiger partial charge in [0.05, 0.1) is 12.3 Å². The molecule has 0 saturated carbocycles. The van der Waals surface area contributed by atoms with Gasteiger partial charge in [-0.25, -0.2) is 0 Å². The van der Waals surface area contributed by atoms with Crippen LogP contribution in [0.4, 0.5) is 0 Å². The van der Waals surface area contributed by atoms with Crippen LogP contribution in [0.2, 0.25) is 0 Å². The Bertz CT molecular complexity index is 370. The van der Waals surface area contributed by atoms with Gasteiger partial charge in [-0.1, -0.05) is 0 Å². The Morgan fingerprint density at radius 2 is 2.00 bits per heavy atom. The normalized spacial score (nSPS) is 18.3. The minimum atomic E-state index is 0.643. The molecule has 0 aromatic carbocycles. The Morgan fingerprint density at radius 1 is 1.32 bits per heavy atom. The standard InChI is InChI=1S/C15H26N2OS/c1-12(2)17-8-6-13(7-9-17)16-10-14-4-5-15(18-14)11-19-3/h4-5,12-13,16H,6-11H2,1-3H3. The molecule has 2 heterocycles. The molecule has 2 rings (SSSR count). The van der Waals surface area contributed by atoms with Crippen molar-refractivity contribution in [3.8, 4) is 0 Å². The number of hydrogen-bond donors (Lipinski definition) is 1. The lowest BCUT2D eigenvalue weighted by Crippen LogP contribution is -2.44. The molecule has 0 amide bonds. The molecule has 4 heteroatoms. The second-order valence-corrected chi connectivity index (χ2v) is 6.45. The van der Waals surface area contributed by atoms with Gasteiger partial charge in [-0.3, -0.25) is 0 Å². The second-order valence-electron chi connectivity index (χ2n) is 5.59. The molecule has 0 unspecified atom stereocenters. The van der Waals surface area contributed by atoms with Crippen molar-refractivity contribution in [2.24, 2.45) is 0 Å². The first-order valence-electron chi connectivity index (χ1n) is 7.23. The predicted octanol–water partition coefficient (Wildman–Crippen LogP) is 3.11. The second kappa shape index (κ2) is 7.36. The Morgan fingerprint density at radius 3 is 2.63 bits per heavy atom. The number of piperidine rings is 1. The van der Waals surface area contributed by atoms with Crippen molar-refractivity contribution in [1.82, 2.24) is 10.2 Å². The van der Waals surface area contributed by atoms with Crippen LogP contribution in [-0.4, -0.2) is 36.3 Å². The molecular formula is C15H26N2OS. The maximum Gasteiger partial charge on any atom is 0.118 e. The fourth-order valence-corrected chi connectivity index (χ4v) is 3.04. The molecule has 0 aliphatic carbocycles. The molecule has 0 spiro atoms. The number of likely N-dealkylation sites (tertiary alicyclic amines) is 1. The van der Waals surface area contributed by atoms with E-state index in [2.05, 4.69) is 42.5 Å². The summed E-state index contributed by atoms with van der Waals surface area (Å²) in [5.41, 5.74) is 0.